The lowest BCUT2D eigenvalue weighted by Crippen LogP contribution is -2.18. The fourth-order valence-electron chi connectivity index (χ4n) is 2.26. The van der Waals surface area contributed by atoms with Gasteiger partial charge in [-0.1, -0.05) is 0 Å². The van der Waals surface area contributed by atoms with Crippen LogP contribution in [0.15, 0.2) is 18.2 Å². The number of nitrogens with two attached hydrogens (primary N) is 1. The minimum atomic E-state index is 0.320. The van der Waals surface area contributed by atoms with E-state index in [2.05, 4.69) is 35.5 Å². The fraction of sp³-hybridized carbons (Fsp3) is 0.500. The van der Waals surface area contributed by atoms with E-state index in [9.17, 15) is 0 Å². The van der Waals surface area contributed by atoms with E-state index in [1.165, 1.54) is 0 Å². The maximum atomic E-state index is 6.05. The highest BCUT2D eigenvalue weighted by molar-refractivity contribution is 5.80. The molecule has 0 saturated carbocycles. The number of hydrogen-bond donors (Lipinski definition) is 1. The molecule has 0 aliphatic rings. The first-order valence-electron chi connectivity index (χ1n) is 6.49. The van der Waals surface area contributed by atoms with E-state index in [0.717, 1.165) is 29.7 Å². The van der Waals surface area contributed by atoms with Crippen molar-refractivity contribution in [2.45, 2.75) is 19.4 Å². The third-order valence-corrected chi connectivity index (χ3v) is 3.36. The summed E-state index contributed by atoms with van der Waals surface area (Å²) >= 11 is 0. The summed E-state index contributed by atoms with van der Waals surface area (Å²) in [5, 5.41) is 0. The summed E-state index contributed by atoms with van der Waals surface area (Å²) in [6.45, 7) is 3.20. The van der Waals surface area contributed by atoms with Crippen molar-refractivity contribution in [2.24, 2.45) is 0 Å². The number of aromatic nitrogens is 2. The maximum Gasteiger partial charge on any atom is 0.201 e. The van der Waals surface area contributed by atoms with Gasteiger partial charge >= 0.3 is 0 Å². The number of ether oxygens (including phenoxy) is 1. The molecule has 104 valence electrons. The van der Waals surface area contributed by atoms with E-state index in [-0.39, 0.29) is 0 Å². The lowest BCUT2D eigenvalue weighted by Gasteiger charge is -2.18. The van der Waals surface area contributed by atoms with Gasteiger partial charge in [0.05, 0.1) is 18.1 Å². The van der Waals surface area contributed by atoms with Crippen LogP contribution in [0.4, 0.5) is 5.95 Å². The Morgan fingerprint density at radius 1 is 1.42 bits per heavy atom. The molecule has 0 spiro atoms. The van der Waals surface area contributed by atoms with Gasteiger partial charge in [-0.05, 0) is 46.1 Å². The zero-order valence-electron chi connectivity index (χ0n) is 12.1. The number of nitrogens with zero attached hydrogens (tertiary/aromatic N) is 3. The Balaban J connectivity index is 2.34. The number of anilines is 1. The van der Waals surface area contributed by atoms with Crippen LogP contribution in [0.2, 0.25) is 0 Å². The largest absolute Gasteiger partial charge is 0.497 e. The first kappa shape index (κ1) is 13.7. The van der Waals surface area contributed by atoms with Crippen LogP contribution >= 0.6 is 0 Å². The summed E-state index contributed by atoms with van der Waals surface area (Å²) in [6.07, 6.45) is 1.04. The average molecular weight is 262 g/mol. The molecular weight excluding hydrogens is 240 g/mol. The van der Waals surface area contributed by atoms with Gasteiger partial charge in [0.15, 0.2) is 0 Å². The minimum Gasteiger partial charge on any atom is -0.497 e. The predicted molar refractivity (Wildman–Crippen MR) is 78.6 cm³/mol. The summed E-state index contributed by atoms with van der Waals surface area (Å²) in [5.41, 5.74) is 7.99. The normalized spacial score (nSPS) is 13.1. The lowest BCUT2D eigenvalue weighted by molar-refractivity contribution is 0.362. The molecular formula is C14H22N4O. The van der Waals surface area contributed by atoms with Gasteiger partial charge in [-0.2, -0.15) is 0 Å². The Kier molecular flexibility index (Phi) is 3.95. The molecule has 1 aromatic heterocycles. The van der Waals surface area contributed by atoms with Crippen molar-refractivity contribution in [3.63, 3.8) is 0 Å². The van der Waals surface area contributed by atoms with Crippen LogP contribution in [-0.4, -0.2) is 42.2 Å². The van der Waals surface area contributed by atoms with Gasteiger partial charge in [0.2, 0.25) is 5.95 Å². The van der Waals surface area contributed by atoms with E-state index >= 15 is 0 Å². The number of nitrogen functional groups attached to an aromatic ring is 1. The maximum absolute atomic E-state index is 6.05. The molecule has 1 heterocycles. The lowest BCUT2D eigenvalue weighted by atomic mass is 10.2. The van der Waals surface area contributed by atoms with Crippen molar-refractivity contribution in [3.8, 4) is 5.75 Å². The van der Waals surface area contributed by atoms with Crippen LogP contribution in [0.5, 0.6) is 5.75 Å². The van der Waals surface area contributed by atoms with Crippen LogP contribution in [0.25, 0.3) is 11.0 Å². The highest BCUT2D eigenvalue weighted by Gasteiger charge is 2.14. The molecule has 2 aromatic rings. The Bertz CT molecular complexity index is 562. The Labute approximate surface area is 114 Å². The zero-order valence-corrected chi connectivity index (χ0v) is 12.1. The predicted octanol–water partition coefficient (Wildman–Crippen LogP) is 2.14. The van der Waals surface area contributed by atoms with Crippen LogP contribution in [0.1, 0.15) is 19.4 Å². The third-order valence-electron chi connectivity index (χ3n) is 3.36. The summed E-state index contributed by atoms with van der Waals surface area (Å²) in [7, 11) is 5.81. The van der Waals surface area contributed by atoms with Crippen LogP contribution in [0, 0.1) is 0 Å². The molecule has 1 aromatic carbocycles. The third kappa shape index (κ3) is 2.81. The van der Waals surface area contributed by atoms with Gasteiger partial charge in [-0.25, -0.2) is 4.98 Å². The monoisotopic (exact) mass is 262 g/mol. The number of fused-ring (bicyclic) bond motifs is 1. The van der Waals surface area contributed by atoms with E-state index < -0.39 is 0 Å². The first-order valence-corrected chi connectivity index (χ1v) is 6.49. The molecule has 19 heavy (non-hydrogen) atoms. The Hall–Kier alpha value is -1.75. The Morgan fingerprint density at radius 3 is 2.79 bits per heavy atom. The molecule has 2 N–H and O–H groups in total. The summed E-state index contributed by atoms with van der Waals surface area (Å²) in [4.78, 5) is 6.59. The van der Waals surface area contributed by atoms with Gasteiger partial charge < -0.3 is 19.9 Å². The minimum absolute atomic E-state index is 0.320. The number of hydrogen-bond acceptors (Lipinski definition) is 4. The number of imidazole rings is 1. The zero-order chi connectivity index (χ0) is 14.0. The molecule has 1 atom stereocenters. The van der Waals surface area contributed by atoms with Crippen LogP contribution in [0.3, 0.4) is 0 Å². The molecule has 0 saturated heterocycles. The van der Waals surface area contributed by atoms with E-state index in [4.69, 9.17) is 10.5 Å². The standard InChI is InChI=1S/C14H22N4O/c1-10(7-8-17(2)3)18-13-6-5-11(19-4)9-12(13)16-14(18)15/h5-6,9-10H,7-8H2,1-4H3,(H2,15,16). The second kappa shape index (κ2) is 5.48. The van der Waals surface area contributed by atoms with E-state index in [0.29, 0.717) is 12.0 Å². The number of methoxy groups -OCH3 is 1. The molecule has 0 aliphatic carbocycles. The molecule has 0 fully saturated rings. The molecule has 1 unspecified atom stereocenters. The van der Waals surface area contributed by atoms with Crippen LogP contribution < -0.4 is 10.5 Å². The molecule has 2 rings (SSSR count). The molecule has 5 heteroatoms. The van der Waals surface area contributed by atoms with Gasteiger partial charge in [0.1, 0.15) is 5.75 Å². The van der Waals surface area contributed by atoms with E-state index in [1.54, 1.807) is 7.11 Å². The van der Waals surface area contributed by atoms with Gasteiger partial charge in [-0.15, -0.1) is 0 Å². The molecule has 5 nitrogen and oxygen atoms in total. The SMILES string of the molecule is COc1ccc2c(c1)nc(N)n2C(C)CCN(C)C. The van der Waals surface area contributed by atoms with Crippen molar-refractivity contribution in [2.75, 3.05) is 33.5 Å². The van der Waals surface area contributed by atoms with Crippen molar-refractivity contribution >= 4 is 17.0 Å². The Morgan fingerprint density at radius 2 is 2.16 bits per heavy atom. The second-order valence-corrected chi connectivity index (χ2v) is 5.14. The van der Waals surface area contributed by atoms with Crippen LogP contribution in [-0.2, 0) is 0 Å². The first-order chi connectivity index (χ1) is 9.02. The highest BCUT2D eigenvalue weighted by Crippen LogP contribution is 2.27. The molecule has 0 amide bonds. The molecule has 0 aliphatic heterocycles. The van der Waals surface area contributed by atoms with Crippen molar-refractivity contribution in [1.82, 2.24) is 14.5 Å². The smallest absolute Gasteiger partial charge is 0.201 e. The van der Waals surface area contributed by atoms with Gasteiger partial charge in [-0.3, -0.25) is 0 Å². The van der Waals surface area contributed by atoms with E-state index in [1.807, 2.05) is 18.2 Å². The number of rotatable bonds is 5. The fourth-order valence-corrected chi connectivity index (χ4v) is 2.26. The van der Waals surface area contributed by atoms with Crippen molar-refractivity contribution < 1.29 is 4.74 Å². The molecule has 0 bridgehead atoms. The quantitative estimate of drug-likeness (QED) is 0.897. The summed E-state index contributed by atoms with van der Waals surface area (Å²) in [5.74, 6) is 1.37. The topological polar surface area (TPSA) is 56.3 Å². The number of benzene rings is 1. The summed E-state index contributed by atoms with van der Waals surface area (Å²) < 4.78 is 7.31. The second-order valence-electron chi connectivity index (χ2n) is 5.14. The van der Waals surface area contributed by atoms with Gasteiger partial charge in [0, 0.05) is 12.1 Å². The van der Waals surface area contributed by atoms with Crippen molar-refractivity contribution in [3.05, 3.63) is 18.2 Å². The highest BCUT2D eigenvalue weighted by atomic mass is 16.5. The van der Waals surface area contributed by atoms with Gasteiger partial charge in [0.25, 0.3) is 0 Å². The average Bonchev–Trinajstić information content (AvgIpc) is 2.70. The molecule has 0 radical (unpaired) electrons. The summed E-state index contributed by atoms with van der Waals surface area (Å²) in [6, 6.07) is 6.20. The van der Waals surface area contributed by atoms with Crippen molar-refractivity contribution in [1.29, 1.82) is 0 Å².